The zero-order chi connectivity index (χ0) is 34.7. The summed E-state index contributed by atoms with van der Waals surface area (Å²) in [5.74, 6) is 4.22. The summed E-state index contributed by atoms with van der Waals surface area (Å²) in [5, 5.41) is 25.2. The molecule has 256 valence electrons. The Morgan fingerprint density at radius 2 is 2.00 bits per heavy atom. The number of likely N-dealkylation sites (N-methyl/N-ethyl adjacent to an activating group) is 1. The van der Waals surface area contributed by atoms with Crippen LogP contribution >= 0.6 is 11.8 Å². The summed E-state index contributed by atoms with van der Waals surface area (Å²) in [6.45, 7) is 17.3. The molecule has 0 saturated heterocycles. The fraction of sp³-hybridized carbons (Fsp3) is 0.647. The van der Waals surface area contributed by atoms with E-state index in [0.717, 1.165) is 24.0 Å². The lowest BCUT2D eigenvalue weighted by Crippen LogP contribution is -2.43. The van der Waals surface area contributed by atoms with Gasteiger partial charge in [-0.2, -0.15) is 0 Å². The van der Waals surface area contributed by atoms with Crippen molar-refractivity contribution < 1.29 is 24.3 Å². The lowest BCUT2D eigenvalue weighted by Gasteiger charge is -2.40. The third kappa shape index (κ3) is 8.06. The molecule has 8 N–H and O–H groups in total. The van der Waals surface area contributed by atoms with Crippen LogP contribution in [-0.2, 0) is 19.2 Å². The van der Waals surface area contributed by atoms with Crippen molar-refractivity contribution in [3.05, 3.63) is 46.8 Å². The minimum Gasteiger partial charge on any atom is -0.481 e. The highest BCUT2D eigenvalue weighted by atomic mass is 32.2. The minimum atomic E-state index is -1.14. The van der Waals surface area contributed by atoms with E-state index in [4.69, 9.17) is 21.8 Å². The molecule has 3 aliphatic carbocycles. The first-order chi connectivity index (χ1) is 21.4. The van der Waals surface area contributed by atoms with Crippen LogP contribution in [0.4, 0.5) is 0 Å². The van der Waals surface area contributed by atoms with E-state index in [1.165, 1.54) is 11.8 Å². The van der Waals surface area contributed by atoms with E-state index in [2.05, 4.69) is 31.2 Å². The predicted octanol–water partition coefficient (Wildman–Crippen LogP) is 4.55. The van der Waals surface area contributed by atoms with Gasteiger partial charge in [0.05, 0.1) is 29.1 Å². The van der Waals surface area contributed by atoms with Gasteiger partial charge in [-0.3, -0.25) is 20.8 Å². The molecule has 0 aliphatic heterocycles. The molecule has 2 fully saturated rings. The molecule has 3 rings (SSSR count). The van der Waals surface area contributed by atoms with Gasteiger partial charge in [0.1, 0.15) is 5.78 Å². The number of allylic oxidation sites excluding steroid dienone is 4. The zero-order valence-electron chi connectivity index (χ0n) is 28.6. The normalized spacial score (nSPS) is 29.6. The second-order valence-electron chi connectivity index (χ2n) is 14.4. The van der Waals surface area contributed by atoms with E-state index in [-0.39, 0.29) is 30.1 Å². The molecule has 0 amide bonds. The molecule has 0 aromatic heterocycles. The largest absolute Gasteiger partial charge is 0.481 e. The first-order valence-electron chi connectivity index (χ1n) is 16.0. The summed E-state index contributed by atoms with van der Waals surface area (Å²) in [6, 6.07) is 0. The number of carbonyl (C=O) groups is 3. The number of ketones is 1. The quantitative estimate of drug-likeness (QED) is 0.0666. The summed E-state index contributed by atoms with van der Waals surface area (Å²) in [7, 11) is 1.80. The Kier molecular flexibility index (Phi) is 12.0. The van der Waals surface area contributed by atoms with Gasteiger partial charge < -0.3 is 21.0 Å². The van der Waals surface area contributed by atoms with E-state index >= 15 is 0 Å². The molecule has 0 aromatic rings. The topological polar surface area (TPSA) is 184 Å². The standard InChI is InChI=1S/C34H54N6O5S/c1-10-23-25-13-34(8,28(41)12-22-11-24(22)25)21(5)30(26(23)16-40(9)37)27(38-15-29(36)46-17-18(2)35)14-39-45-31(42)19(3)20(4)33(6,7)32(43)44/h10,14,17,19-22,24-25,30,36,38-39H,1,11-13,15-16,35,37H2,2-9H3,(H,43,44)/b18-17+,27-14-,36-29?/t19?,20?,21?,22?,24?,25-,30-,34?/m0/s1. The van der Waals surface area contributed by atoms with Gasteiger partial charge in [-0.15, -0.1) is 0 Å². The molecule has 0 heterocycles. The molecule has 2 saturated carbocycles. The Labute approximate surface area is 278 Å². The highest BCUT2D eigenvalue weighted by Gasteiger charge is 2.58. The Morgan fingerprint density at radius 3 is 2.57 bits per heavy atom. The third-order valence-corrected chi connectivity index (χ3v) is 11.8. The van der Waals surface area contributed by atoms with Gasteiger partial charge in [0, 0.05) is 42.7 Å². The molecular weight excluding hydrogens is 604 g/mol. The molecule has 6 unspecified atom stereocenters. The molecule has 0 aromatic carbocycles. The van der Waals surface area contributed by atoms with Gasteiger partial charge >= 0.3 is 11.9 Å². The monoisotopic (exact) mass is 658 g/mol. The summed E-state index contributed by atoms with van der Waals surface area (Å²) in [4.78, 5) is 44.3. The smallest absolute Gasteiger partial charge is 0.335 e. The van der Waals surface area contributed by atoms with Crippen LogP contribution in [0.3, 0.4) is 0 Å². The number of rotatable bonds is 14. The van der Waals surface area contributed by atoms with Crippen molar-refractivity contribution in [3.8, 4) is 0 Å². The number of hydrogen-bond donors (Lipinski definition) is 6. The molecule has 8 atom stereocenters. The van der Waals surface area contributed by atoms with Crippen LogP contribution in [0, 0.1) is 57.7 Å². The number of aliphatic carboxylic acids is 1. The van der Waals surface area contributed by atoms with Gasteiger partial charge in [-0.05, 0) is 79.8 Å². The van der Waals surface area contributed by atoms with Crippen LogP contribution in [0.2, 0.25) is 0 Å². The fourth-order valence-electron chi connectivity index (χ4n) is 7.16. The molecule has 2 bridgehead atoms. The molecule has 3 aliphatic rings. The van der Waals surface area contributed by atoms with Crippen molar-refractivity contribution in [2.45, 2.75) is 67.7 Å². The number of carboxylic acid groups (broad SMARTS) is 1. The molecule has 0 radical (unpaired) electrons. The molecule has 46 heavy (non-hydrogen) atoms. The van der Waals surface area contributed by atoms with Gasteiger partial charge in [0.2, 0.25) is 0 Å². The Morgan fingerprint density at radius 1 is 1.35 bits per heavy atom. The maximum absolute atomic E-state index is 13.9. The second kappa shape index (κ2) is 14.8. The number of carbonyl (C=O) groups excluding carboxylic acids is 2. The Bertz CT molecular complexity index is 1320. The number of nitrogens with two attached hydrogens (primary N) is 2. The Hall–Kier alpha value is -3.09. The highest BCUT2D eigenvalue weighted by molar-refractivity contribution is 8.16. The lowest BCUT2D eigenvalue weighted by atomic mass is 9.64. The molecule has 11 nitrogen and oxygen atoms in total. The van der Waals surface area contributed by atoms with Crippen LogP contribution in [0.5, 0.6) is 0 Å². The maximum atomic E-state index is 13.9. The first-order valence-corrected chi connectivity index (χ1v) is 16.9. The number of hydroxylamine groups is 1. The van der Waals surface area contributed by atoms with Crippen LogP contribution < -0.4 is 22.4 Å². The Balaban J connectivity index is 2.06. The molecule has 12 heteroatoms. The minimum absolute atomic E-state index is 0.160. The van der Waals surface area contributed by atoms with Gasteiger partial charge in [0.15, 0.2) is 0 Å². The van der Waals surface area contributed by atoms with Crippen LogP contribution in [0.15, 0.2) is 46.8 Å². The number of nitrogens with zero attached hydrogens (tertiary/aromatic N) is 1. The average Bonchev–Trinajstić information content (AvgIpc) is 3.76. The van der Waals surface area contributed by atoms with E-state index in [1.807, 2.05) is 6.08 Å². The number of Topliss-reactive ketones (excluding diaryl/α,β-unsaturated/α-hetero) is 1. The van der Waals surface area contributed by atoms with Crippen LogP contribution in [0.25, 0.3) is 0 Å². The highest BCUT2D eigenvalue weighted by Crippen LogP contribution is 2.61. The number of carboxylic acids is 1. The summed E-state index contributed by atoms with van der Waals surface area (Å²) in [6.07, 6.45) is 5.83. The van der Waals surface area contributed by atoms with E-state index in [1.54, 1.807) is 58.3 Å². The van der Waals surface area contributed by atoms with E-state index < -0.39 is 34.6 Å². The zero-order valence-corrected chi connectivity index (χ0v) is 29.4. The molecule has 0 spiro atoms. The van der Waals surface area contributed by atoms with Crippen molar-refractivity contribution in [2.75, 3.05) is 20.1 Å². The van der Waals surface area contributed by atoms with Gasteiger partial charge in [-0.1, -0.05) is 52.1 Å². The SMILES string of the molecule is C=CC1=C(CN(C)N)[C@@H](/C(=C/NOC(=O)C(C)C(C)C(C)(C)C(=O)O)NCC(=N)S/C=C(\C)N)C(C)C2(C)C[C@@H]1C1CC1CC2=O. The number of fused-ring (bicyclic) bond motifs is 4. The summed E-state index contributed by atoms with van der Waals surface area (Å²) >= 11 is 1.20. The van der Waals surface area contributed by atoms with Crippen molar-refractivity contribution in [1.82, 2.24) is 15.8 Å². The number of thioether (sulfide) groups is 1. The number of hydrazine groups is 1. The first kappa shape index (κ1) is 37.4. The van der Waals surface area contributed by atoms with Crippen molar-refractivity contribution in [2.24, 2.45) is 63.8 Å². The number of nitrogens with one attached hydrogen (secondary N) is 3. The van der Waals surface area contributed by atoms with E-state index in [9.17, 15) is 19.5 Å². The lowest BCUT2D eigenvalue weighted by molar-refractivity contribution is -0.160. The van der Waals surface area contributed by atoms with E-state index in [0.29, 0.717) is 41.2 Å². The van der Waals surface area contributed by atoms with Crippen molar-refractivity contribution >= 4 is 34.5 Å². The van der Waals surface area contributed by atoms with Crippen LogP contribution in [0.1, 0.15) is 67.7 Å². The fourth-order valence-corrected chi connectivity index (χ4v) is 7.65. The van der Waals surface area contributed by atoms with Gasteiger partial charge in [-0.25, -0.2) is 15.3 Å². The van der Waals surface area contributed by atoms with Gasteiger partial charge in [0.25, 0.3) is 0 Å². The van der Waals surface area contributed by atoms with Crippen molar-refractivity contribution in [3.63, 3.8) is 0 Å². The number of hydrogen-bond acceptors (Lipinski definition) is 11. The summed E-state index contributed by atoms with van der Waals surface area (Å²) in [5.41, 5.74) is 10.1. The second-order valence-corrected chi connectivity index (χ2v) is 15.3. The van der Waals surface area contributed by atoms with Crippen LogP contribution in [-0.4, -0.2) is 53.0 Å². The predicted molar refractivity (Wildman–Crippen MR) is 182 cm³/mol. The summed E-state index contributed by atoms with van der Waals surface area (Å²) < 4.78 is 0. The third-order valence-electron chi connectivity index (χ3n) is 10.9. The van der Waals surface area contributed by atoms with Crippen molar-refractivity contribution in [1.29, 1.82) is 5.41 Å². The average molecular weight is 659 g/mol. The molecular formula is C34H54N6O5S. The maximum Gasteiger partial charge on any atom is 0.335 e.